The summed E-state index contributed by atoms with van der Waals surface area (Å²) in [4.78, 5) is 0. The van der Waals surface area contributed by atoms with Crippen LogP contribution >= 0.6 is 0 Å². The van der Waals surface area contributed by atoms with Crippen LogP contribution in [0.4, 0.5) is 0 Å². The van der Waals surface area contributed by atoms with E-state index in [-0.39, 0.29) is 0 Å². The summed E-state index contributed by atoms with van der Waals surface area (Å²) in [6, 6.07) is 0.436. The van der Waals surface area contributed by atoms with E-state index in [2.05, 4.69) is 33.0 Å². The second-order valence-corrected chi connectivity index (χ2v) is 5.42. The Labute approximate surface area is 106 Å². The van der Waals surface area contributed by atoms with Crippen molar-refractivity contribution in [3.8, 4) is 0 Å². The molecule has 0 radical (unpaired) electrons. The Balaban J connectivity index is 2.72. The van der Waals surface area contributed by atoms with Gasteiger partial charge in [-0.15, -0.1) is 0 Å². The zero-order valence-electron chi connectivity index (χ0n) is 12.2. The van der Waals surface area contributed by atoms with Gasteiger partial charge in [-0.05, 0) is 45.7 Å². The van der Waals surface area contributed by atoms with Crippen LogP contribution < -0.4 is 5.32 Å². The van der Waals surface area contributed by atoms with Crippen LogP contribution in [0.25, 0.3) is 0 Å². The zero-order chi connectivity index (χ0) is 13.0. The third-order valence-electron chi connectivity index (χ3n) is 3.59. The molecule has 0 aromatic carbocycles. The number of hydrogen-bond donors (Lipinski definition) is 1. The molecule has 1 aromatic heterocycles. The van der Waals surface area contributed by atoms with Gasteiger partial charge < -0.3 is 9.73 Å². The first-order chi connectivity index (χ1) is 7.97. The van der Waals surface area contributed by atoms with Crippen molar-refractivity contribution in [3.05, 3.63) is 22.6 Å². The highest BCUT2D eigenvalue weighted by Gasteiger charge is 2.19. The van der Waals surface area contributed by atoms with E-state index in [0.29, 0.717) is 6.04 Å². The molecule has 2 heteroatoms. The molecular formula is C15H27NO. The van der Waals surface area contributed by atoms with Gasteiger partial charge in [0.05, 0.1) is 0 Å². The maximum absolute atomic E-state index is 5.72. The molecule has 0 spiro atoms. The van der Waals surface area contributed by atoms with Gasteiger partial charge in [0, 0.05) is 11.6 Å². The zero-order valence-corrected chi connectivity index (χ0v) is 12.2. The summed E-state index contributed by atoms with van der Waals surface area (Å²) in [5, 5.41) is 3.43. The van der Waals surface area contributed by atoms with Crippen LogP contribution in [-0.4, -0.2) is 7.05 Å². The Morgan fingerprint density at radius 2 is 1.71 bits per heavy atom. The molecule has 1 rings (SSSR count). The fraction of sp³-hybridized carbons (Fsp3) is 0.733. The van der Waals surface area contributed by atoms with Crippen LogP contribution in [0, 0.1) is 26.7 Å². The highest BCUT2D eigenvalue weighted by molar-refractivity contribution is 5.34. The minimum atomic E-state index is 0.436. The minimum absolute atomic E-state index is 0.436. The van der Waals surface area contributed by atoms with E-state index in [1.165, 1.54) is 30.4 Å². The second-order valence-electron chi connectivity index (χ2n) is 5.42. The fourth-order valence-corrected chi connectivity index (χ4v) is 2.48. The van der Waals surface area contributed by atoms with Gasteiger partial charge in [-0.1, -0.05) is 26.7 Å². The maximum atomic E-state index is 5.72. The number of nitrogens with one attached hydrogen (secondary N) is 1. The summed E-state index contributed by atoms with van der Waals surface area (Å²) in [5.74, 6) is 2.92. The highest BCUT2D eigenvalue weighted by atomic mass is 16.3. The molecule has 1 heterocycles. The Morgan fingerprint density at radius 1 is 1.06 bits per heavy atom. The summed E-state index contributed by atoms with van der Waals surface area (Å²) in [7, 11) is 2.04. The van der Waals surface area contributed by atoms with Crippen LogP contribution in [0.1, 0.15) is 61.8 Å². The van der Waals surface area contributed by atoms with Gasteiger partial charge in [0.1, 0.15) is 11.5 Å². The lowest BCUT2D eigenvalue weighted by Crippen LogP contribution is -2.17. The Hall–Kier alpha value is -0.760. The predicted molar refractivity (Wildman–Crippen MR) is 73.4 cm³/mol. The highest BCUT2D eigenvalue weighted by Crippen LogP contribution is 2.30. The average molecular weight is 237 g/mol. The van der Waals surface area contributed by atoms with Crippen LogP contribution in [0.15, 0.2) is 4.42 Å². The van der Waals surface area contributed by atoms with E-state index in [0.717, 1.165) is 17.4 Å². The van der Waals surface area contributed by atoms with Crippen molar-refractivity contribution in [1.29, 1.82) is 0 Å². The molecule has 1 aromatic rings. The average Bonchev–Trinajstić information content (AvgIpc) is 2.49. The van der Waals surface area contributed by atoms with Crippen molar-refractivity contribution in [1.82, 2.24) is 5.32 Å². The van der Waals surface area contributed by atoms with Gasteiger partial charge in [0.2, 0.25) is 0 Å². The van der Waals surface area contributed by atoms with Crippen LogP contribution in [0.3, 0.4) is 0 Å². The fourth-order valence-electron chi connectivity index (χ4n) is 2.48. The summed E-state index contributed by atoms with van der Waals surface area (Å²) in [5.41, 5.74) is 2.68. The van der Waals surface area contributed by atoms with Gasteiger partial charge in [0.25, 0.3) is 0 Å². The van der Waals surface area contributed by atoms with E-state index in [1.54, 1.807) is 0 Å². The van der Waals surface area contributed by atoms with Gasteiger partial charge in [0.15, 0.2) is 0 Å². The standard InChI is InChI=1S/C15H27NO/c1-10(2)8-7-9-14(16-6)15-11(3)12(4)17-13(15)5/h10,14,16H,7-9H2,1-6H3. The molecule has 0 bridgehead atoms. The van der Waals surface area contributed by atoms with E-state index in [9.17, 15) is 0 Å². The molecule has 1 unspecified atom stereocenters. The predicted octanol–water partition coefficient (Wildman–Crippen LogP) is 4.29. The number of hydrogen-bond acceptors (Lipinski definition) is 2. The molecule has 1 N–H and O–H groups in total. The molecule has 0 saturated heterocycles. The topological polar surface area (TPSA) is 25.2 Å². The van der Waals surface area contributed by atoms with Gasteiger partial charge >= 0.3 is 0 Å². The van der Waals surface area contributed by atoms with Gasteiger partial charge in [-0.2, -0.15) is 0 Å². The first-order valence-electron chi connectivity index (χ1n) is 6.71. The monoisotopic (exact) mass is 237 g/mol. The number of aryl methyl sites for hydroxylation is 2. The largest absolute Gasteiger partial charge is 0.466 e. The van der Waals surface area contributed by atoms with Crippen LogP contribution in [-0.2, 0) is 0 Å². The molecular weight excluding hydrogens is 210 g/mol. The number of rotatable bonds is 6. The third-order valence-corrected chi connectivity index (χ3v) is 3.59. The third kappa shape index (κ3) is 3.60. The minimum Gasteiger partial charge on any atom is -0.466 e. The smallest absolute Gasteiger partial charge is 0.106 e. The van der Waals surface area contributed by atoms with E-state index >= 15 is 0 Å². The van der Waals surface area contributed by atoms with E-state index < -0.39 is 0 Å². The second kappa shape index (κ2) is 6.25. The van der Waals surface area contributed by atoms with Crippen molar-refractivity contribution in [2.75, 3.05) is 7.05 Å². The lowest BCUT2D eigenvalue weighted by molar-refractivity contribution is 0.455. The summed E-state index contributed by atoms with van der Waals surface area (Å²) in [6.45, 7) is 10.8. The molecule has 17 heavy (non-hydrogen) atoms. The molecule has 0 saturated carbocycles. The maximum Gasteiger partial charge on any atom is 0.106 e. The first kappa shape index (κ1) is 14.3. The lowest BCUT2D eigenvalue weighted by Gasteiger charge is -2.17. The van der Waals surface area contributed by atoms with Crippen molar-refractivity contribution in [2.24, 2.45) is 5.92 Å². The van der Waals surface area contributed by atoms with E-state index in [4.69, 9.17) is 4.42 Å². The summed E-state index contributed by atoms with van der Waals surface area (Å²) >= 11 is 0. The molecule has 0 aliphatic heterocycles. The van der Waals surface area contributed by atoms with Crippen molar-refractivity contribution < 1.29 is 4.42 Å². The molecule has 0 aliphatic carbocycles. The molecule has 1 atom stereocenters. The van der Waals surface area contributed by atoms with Gasteiger partial charge in [-0.3, -0.25) is 0 Å². The van der Waals surface area contributed by atoms with Crippen LogP contribution in [0.5, 0.6) is 0 Å². The normalized spacial score (nSPS) is 13.4. The number of furan rings is 1. The molecule has 0 aliphatic rings. The molecule has 98 valence electrons. The van der Waals surface area contributed by atoms with Crippen molar-refractivity contribution >= 4 is 0 Å². The Bertz CT molecular complexity index is 352. The van der Waals surface area contributed by atoms with Crippen molar-refractivity contribution in [3.63, 3.8) is 0 Å². The SMILES string of the molecule is CNC(CCCC(C)C)c1c(C)oc(C)c1C. The van der Waals surface area contributed by atoms with Crippen LogP contribution in [0.2, 0.25) is 0 Å². The van der Waals surface area contributed by atoms with Gasteiger partial charge in [-0.25, -0.2) is 0 Å². The molecule has 2 nitrogen and oxygen atoms in total. The lowest BCUT2D eigenvalue weighted by atomic mass is 9.95. The van der Waals surface area contributed by atoms with E-state index in [1.807, 2.05) is 14.0 Å². The Kier molecular flexibility index (Phi) is 5.26. The summed E-state index contributed by atoms with van der Waals surface area (Å²) < 4.78 is 5.72. The Morgan fingerprint density at radius 3 is 2.12 bits per heavy atom. The van der Waals surface area contributed by atoms with Crippen molar-refractivity contribution in [2.45, 2.75) is 59.9 Å². The summed E-state index contributed by atoms with van der Waals surface area (Å²) in [6.07, 6.45) is 3.76. The molecule has 0 fully saturated rings. The quantitative estimate of drug-likeness (QED) is 0.798. The molecule has 0 amide bonds. The first-order valence-corrected chi connectivity index (χ1v) is 6.71.